The highest BCUT2D eigenvalue weighted by Gasteiger charge is 2.11. The summed E-state index contributed by atoms with van der Waals surface area (Å²) in [7, 11) is 0. The fraction of sp³-hybridized carbons (Fsp3) is 0.125. The van der Waals surface area contributed by atoms with Gasteiger partial charge in [-0.05, 0) is 42.8 Å². The van der Waals surface area contributed by atoms with Crippen molar-refractivity contribution in [1.82, 2.24) is 10.1 Å². The van der Waals surface area contributed by atoms with E-state index in [4.69, 9.17) is 9.26 Å². The topological polar surface area (TPSA) is 91.3 Å². The number of rotatable bonds is 5. The summed E-state index contributed by atoms with van der Waals surface area (Å²) in [6.07, 6.45) is 0. The van der Waals surface area contributed by atoms with Gasteiger partial charge in [0.15, 0.2) is 6.61 Å². The smallest absolute Gasteiger partial charge is 0.269 e. The minimum Gasteiger partial charge on any atom is -0.484 e. The van der Waals surface area contributed by atoms with Crippen molar-refractivity contribution in [3.63, 3.8) is 0 Å². The van der Waals surface area contributed by atoms with Crippen LogP contribution in [0, 0.1) is 17.0 Å². The molecular formula is C16H12BrN3O4. The second-order valence-corrected chi connectivity index (χ2v) is 5.87. The zero-order chi connectivity index (χ0) is 17.1. The minimum atomic E-state index is -0.459. The first kappa shape index (κ1) is 16.1. The van der Waals surface area contributed by atoms with Gasteiger partial charge >= 0.3 is 0 Å². The summed E-state index contributed by atoms with van der Waals surface area (Å²) in [5.41, 5.74) is 1.70. The van der Waals surface area contributed by atoms with Gasteiger partial charge in [0.1, 0.15) is 5.75 Å². The monoisotopic (exact) mass is 389 g/mol. The van der Waals surface area contributed by atoms with E-state index < -0.39 is 4.92 Å². The number of non-ortho nitro benzene ring substituents is 1. The van der Waals surface area contributed by atoms with E-state index in [1.54, 1.807) is 12.1 Å². The first-order valence-electron chi connectivity index (χ1n) is 6.99. The third-order valence-corrected chi connectivity index (χ3v) is 4.19. The zero-order valence-corrected chi connectivity index (χ0v) is 14.2. The lowest BCUT2D eigenvalue weighted by atomic mass is 10.2. The number of halogens is 1. The molecule has 8 heteroatoms. The summed E-state index contributed by atoms with van der Waals surface area (Å²) in [4.78, 5) is 14.4. The average Bonchev–Trinajstić information content (AvgIpc) is 3.05. The summed E-state index contributed by atoms with van der Waals surface area (Å²) in [6, 6.07) is 11.6. The second kappa shape index (κ2) is 6.79. The summed E-state index contributed by atoms with van der Waals surface area (Å²) in [5.74, 6) is 1.38. The van der Waals surface area contributed by atoms with Crippen molar-refractivity contribution in [2.24, 2.45) is 0 Å². The van der Waals surface area contributed by atoms with Crippen LogP contribution in [0.3, 0.4) is 0 Å². The highest BCUT2D eigenvalue weighted by atomic mass is 79.9. The molecule has 0 fully saturated rings. The number of aryl methyl sites for hydroxylation is 1. The van der Waals surface area contributed by atoms with Crippen molar-refractivity contribution >= 4 is 21.6 Å². The molecule has 0 atom stereocenters. The van der Waals surface area contributed by atoms with Crippen molar-refractivity contribution < 1.29 is 14.2 Å². The maximum atomic E-state index is 10.7. The average molecular weight is 390 g/mol. The van der Waals surface area contributed by atoms with Gasteiger partial charge in [-0.25, -0.2) is 0 Å². The third-order valence-electron chi connectivity index (χ3n) is 3.30. The molecule has 24 heavy (non-hydrogen) atoms. The van der Waals surface area contributed by atoms with Crippen LogP contribution in [0.5, 0.6) is 5.75 Å². The maximum absolute atomic E-state index is 10.7. The van der Waals surface area contributed by atoms with Crippen LogP contribution in [-0.4, -0.2) is 15.1 Å². The van der Waals surface area contributed by atoms with Gasteiger partial charge in [-0.1, -0.05) is 21.1 Å². The van der Waals surface area contributed by atoms with Crippen molar-refractivity contribution in [3.05, 3.63) is 68.5 Å². The van der Waals surface area contributed by atoms with E-state index in [2.05, 4.69) is 26.1 Å². The van der Waals surface area contributed by atoms with E-state index in [0.29, 0.717) is 23.0 Å². The van der Waals surface area contributed by atoms with Crippen molar-refractivity contribution in [2.45, 2.75) is 13.5 Å². The molecular weight excluding hydrogens is 378 g/mol. The quantitative estimate of drug-likeness (QED) is 0.477. The maximum Gasteiger partial charge on any atom is 0.269 e. The lowest BCUT2D eigenvalue weighted by Crippen LogP contribution is -1.96. The molecule has 0 spiro atoms. The predicted octanol–water partition coefficient (Wildman–Crippen LogP) is 4.29. The molecule has 3 aromatic rings. The van der Waals surface area contributed by atoms with Crippen LogP contribution < -0.4 is 4.74 Å². The number of hydrogen-bond acceptors (Lipinski definition) is 6. The molecule has 0 bridgehead atoms. The second-order valence-electron chi connectivity index (χ2n) is 5.02. The number of ether oxygens (including phenoxy) is 1. The molecule has 0 aliphatic rings. The molecule has 1 aromatic heterocycles. The van der Waals surface area contributed by atoms with Gasteiger partial charge in [-0.15, -0.1) is 0 Å². The Kier molecular flexibility index (Phi) is 4.57. The summed E-state index contributed by atoms with van der Waals surface area (Å²) in [6.45, 7) is 2.11. The molecule has 0 saturated heterocycles. The number of nitrogens with zero attached hydrogens (tertiary/aromatic N) is 3. The van der Waals surface area contributed by atoms with Crippen LogP contribution in [0.2, 0.25) is 0 Å². The Bertz CT molecular complexity index is 877. The van der Waals surface area contributed by atoms with E-state index in [1.807, 2.05) is 25.1 Å². The van der Waals surface area contributed by atoms with E-state index in [1.165, 1.54) is 12.1 Å². The molecule has 3 rings (SSSR count). The molecule has 0 aliphatic heterocycles. The van der Waals surface area contributed by atoms with E-state index in [9.17, 15) is 10.1 Å². The standard InChI is InChI=1S/C16H12BrN3O4/c1-10-8-13(6-7-14(10)17)23-9-15-18-16(19-24-15)11-2-4-12(5-3-11)20(21)22/h2-8H,9H2,1H3. The van der Waals surface area contributed by atoms with Crippen LogP contribution >= 0.6 is 15.9 Å². The SMILES string of the molecule is Cc1cc(OCc2nc(-c3ccc([N+](=O)[O-])cc3)no2)ccc1Br. The zero-order valence-electron chi connectivity index (χ0n) is 12.6. The number of nitro groups is 1. The van der Waals surface area contributed by atoms with Crippen molar-refractivity contribution in [1.29, 1.82) is 0 Å². The van der Waals surface area contributed by atoms with Crippen LogP contribution in [0.15, 0.2) is 51.5 Å². The Morgan fingerprint density at radius 1 is 1.25 bits per heavy atom. The molecule has 0 unspecified atom stereocenters. The first-order valence-corrected chi connectivity index (χ1v) is 7.78. The number of nitro benzene ring substituents is 1. The van der Waals surface area contributed by atoms with Crippen LogP contribution in [0.1, 0.15) is 11.5 Å². The molecule has 0 aliphatic carbocycles. The molecule has 0 saturated carbocycles. The lowest BCUT2D eigenvalue weighted by molar-refractivity contribution is -0.384. The first-order chi connectivity index (χ1) is 11.5. The summed E-state index contributed by atoms with van der Waals surface area (Å²) in [5, 5.41) is 14.5. The molecule has 1 heterocycles. The normalized spacial score (nSPS) is 10.6. The van der Waals surface area contributed by atoms with Gasteiger partial charge < -0.3 is 9.26 Å². The highest BCUT2D eigenvalue weighted by molar-refractivity contribution is 9.10. The largest absolute Gasteiger partial charge is 0.484 e. The molecule has 0 amide bonds. The van der Waals surface area contributed by atoms with Crippen LogP contribution in [0.4, 0.5) is 5.69 Å². The van der Waals surface area contributed by atoms with Gasteiger partial charge in [0, 0.05) is 22.2 Å². The molecule has 0 radical (unpaired) electrons. The lowest BCUT2D eigenvalue weighted by Gasteiger charge is -2.05. The Morgan fingerprint density at radius 2 is 2.00 bits per heavy atom. The van der Waals surface area contributed by atoms with Crippen molar-refractivity contribution in [2.75, 3.05) is 0 Å². The number of hydrogen-bond donors (Lipinski definition) is 0. The van der Waals surface area contributed by atoms with Gasteiger partial charge in [0.25, 0.3) is 11.6 Å². The third kappa shape index (κ3) is 3.60. The Balaban J connectivity index is 1.68. The van der Waals surface area contributed by atoms with E-state index >= 15 is 0 Å². The molecule has 122 valence electrons. The Morgan fingerprint density at radius 3 is 2.67 bits per heavy atom. The summed E-state index contributed by atoms with van der Waals surface area (Å²) >= 11 is 3.43. The predicted molar refractivity (Wildman–Crippen MR) is 89.6 cm³/mol. The van der Waals surface area contributed by atoms with Crippen molar-refractivity contribution in [3.8, 4) is 17.1 Å². The summed E-state index contributed by atoms with van der Waals surface area (Å²) < 4.78 is 11.8. The molecule has 2 aromatic carbocycles. The highest BCUT2D eigenvalue weighted by Crippen LogP contribution is 2.23. The number of aromatic nitrogens is 2. The molecule has 0 N–H and O–H groups in total. The minimum absolute atomic E-state index is 0.0106. The number of benzene rings is 2. The fourth-order valence-electron chi connectivity index (χ4n) is 2.02. The van der Waals surface area contributed by atoms with Crippen LogP contribution in [0.25, 0.3) is 11.4 Å². The Hall–Kier alpha value is -2.74. The van der Waals surface area contributed by atoms with Crippen LogP contribution in [-0.2, 0) is 6.61 Å². The van der Waals surface area contributed by atoms with Gasteiger partial charge in [0.2, 0.25) is 5.82 Å². The Labute approximate surface area is 145 Å². The van der Waals surface area contributed by atoms with Gasteiger partial charge in [-0.2, -0.15) is 4.98 Å². The van der Waals surface area contributed by atoms with Gasteiger partial charge in [-0.3, -0.25) is 10.1 Å². The van der Waals surface area contributed by atoms with E-state index in [-0.39, 0.29) is 12.3 Å². The molecule has 7 nitrogen and oxygen atoms in total. The van der Waals surface area contributed by atoms with Gasteiger partial charge in [0.05, 0.1) is 4.92 Å². The van der Waals surface area contributed by atoms with E-state index in [0.717, 1.165) is 10.0 Å². The fourth-order valence-corrected chi connectivity index (χ4v) is 2.26.